The van der Waals surface area contributed by atoms with Gasteiger partial charge in [-0.2, -0.15) is 0 Å². The zero-order valence-electron chi connectivity index (χ0n) is 9.98. The Kier molecular flexibility index (Phi) is 3.02. The Hall–Kier alpha value is -1.82. The maximum atomic E-state index is 12.1. The number of benzene rings is 2. The molecule has 19 heavy (non-hydrogen) atoms. The first-order chi connectivity index (χ1) is 9.16. The van der Waals surface area contributed by atoms with Crippen molar-refractivity contribution in [3.63, 3.8) is 0 Å². The lowest BCUT2D eigenvalue weighted by molar-refractivity contribution is -0.110. The highest BCUT2D eigenvalue weighted by molar-refractivity contribution is 14.1. The first-order valence-corrected chi connectivity index (χ1v) is 6.91. The van der Waals surface area contributed by atoms with E-state index in [1.807, 2.05) is 48.5 Å². The molecule has 0 aromatic heterocycles. The lowest BCUT2D eigenvalue weighted by Gasteiger charge is -2.06. The Morgan fingerprint density at radius 1 is 1.05 bits per heavy atom. The Morgan fingerprint density at radius 3 is 2.47 bits per heavy atom. The normalized spacial score (nSPS) is 15.9. The number of hydrogen-bond donors (Lipinski definition) is 2. The topological polar surface area (TPSA) is 55.1 Å². The third-order valence-corrected chi connectivity index (χ3v) is 3.82. The van der Waals surface area contributed by atoms with Crippen molar-refractivity contribution in [3.8, 4) is 0 Å². The fourth-order valence-electron chi connectivity index (χ4n) is 2.16. The van der Waals surface area contributed by atoms with Crippen molar-refractivity contribution in [3.05, 3.63) is 63.2 Å². The molecule has 1 heterocycles. The van der Waals surface area contributed by atoms with Crippen LogP contribution in [0.2, 0.25) is 0 Å². The molecule has 3 N–H and O–H groups in total. The summed E-state index contributed by atoms with van der Waals surface area (Å²) in [4.78, 5) is 12.1. The minimum atomic E-state index is -0.141. The molecule has 0 radical (unpaired) electrons. The van der Waals surface area contributed by atoms with Gasteiger partial charge in [0.2, 0.25) is 0 Å². The number of halogens is 1. The Balaban J connectivity index is 2.17. The van der Waals surface area contributed by atoms with E-state index in [4.69, 9.17) is 5.73 Å². The fourth-order valence-corrected chi connectivity index (χ4v) is 2.52. The summed E-state index contributed by atoms with van der Waals surface area (Å²) in [5, 5.41) is 2.83. The molecule has 0 saturated carbocycles. The molecule has 0 aliphatic carbocycles. The third-order valence-electron chi connectivity index (χ3n) is 3.10. The van der Waals surface area contributed by atoms with E-state index in [-0.39, 0.29) is 5.91 Å². The van der Waals surface area contributed by atoms with E-state index in [2.05, 4.69) is 27.9 Å². The Bertz CT molecular complexity index is 690. The van der Waals surface area contributed by atoms with Gasteiger partial charge >= 0.3 is 0 Å². The number of para-hydroxylation sites is 1. The third kappa shape index (κ3) is 2.12. The average molecular weight is 362 g/mol. The van der Waals surface area contributed by atoms with E-state index in [1.54, 1.807) is 0 Å². The minimum absolute atomic E-state index is 0.141. The molecule has 3 nitrogen and oxygen atoms in total. The zero-order valence-corrected chi connectivity index (χ0v) is 12.1. The van der Waals surface area contributed by atoms with E-state index >= 15 is 0 Å². The predicted molar refractivity (Wildman–Crippen MR) is 85.2 cm³/mol. The number of nitrogens with two attached hydrogens (primary N) is 1. The molecule has 1 amide bonds. The van der Waals surface area contributed by atoms with Crippen molar-refractivity contribution in [2.24, 2.45) is 5.73 Å². The van der Waals surface area contributed by atoms with Crippen LogP contribution in [0.25, 0.3) is 11.3 Å². The van der Waals surface area contributed by atoms with E-state index in [0.717, 1.165) is 20.4 Å². The second-order valence-corrected chi connectivity index (χ2v) is 5.54. The minimum Gasteiger partial charge on any atom is -0.398 e. The van der Waals surface area contributed by atoms with Crippen LogP contribution in [0.5, 0.6) is 0 Å². The lowest BCUT2D eigenvalue weighted by atomic mass is 10.0. The quantitative estimate of drug-likeness (QED) is 0.605. The van der Waals surface area contributed by atoms with Gasteiger partial charge in [-0.15, -0.1) is 0 Å². The van der Waals surface area contributed by atoms with Crippen LogP contribution >= 0.6 is 22.6 Å². The molecular formula is C15H11IN2O. The summed E-state index contributed by atoms with van der Waals surface area (Å²) in [7, 11) is 0. The van der Waals surface area contributed by atoms with Gasteiger partial charge in [0.05, 0.1) is 11.3 Å². The summed E-state index contributed by atoms with van der Waals surface area (Å²) < 4.78 is 1.13. The van der Waals surface area contributed by atoms with Crippen LogP contribution in [-0.2, 0) is 4.79 Å². The molecule has 0 spiro atoms. The van der Waals surface area contributed by atoms with Crippen molar-refractivity contribution in [1.82, 2.24) is 0 Å². The largest absolute Gasteiger partial charge is 0.398 e. The maximum absolute atomic E-state index is 12.1. The molecule has 1 aliphatic rings. The van der Waals surface area contributed by atoms with Crippen molar-refractivity contribution in [2.45, 2.75) is 0 Å². The fraction of sp³-hybridized carbons (Fsp3) is 0. The summed E-state index contributed by atoms with van der Waals surface area (Å²) >= 11 is 2.24. The summed E-state index contributed by atoms with van der Waals surface area (Å²) in [6, 6.07) is 15.4. The van der Waals surface area contributed by atoms with Crippen molar-refractivity contribution in [1.29, 1.82) is 0 Å². The zero-order chi connectivity index (χ0) is 13.4. The number of carbonyl (C=O) groups is 1. The predicted octanol–water partition coefficient (Wildman–Crippen LogP) is 3.07. The number of anilines is 1. The molecule has 1 aliphatic heterocycles. The molecule has 2 aromatic rings. The van der Waals surface area contributed by atoms with Gasteiger partial charge in [0.15, 0.2) is 0 Å². The van der Waals surface area contributed by atoms with E-state index in [9.17, 15) is 4.79 Å². The van der Waals surface area contributed by atoms with Crippen LogP contribution in [0.1, 0.15) is 11.1 Å². The highest BCUT2D eigenvalue weighted by Crippen LogP contribution is 2.34. The maximum Gasteiger partial charge on any atom is 0.258 e. The molecule has 3 rings (SSSR count). The van der Waals surface area contributed by atoms with Gasteiger partial charge in [0.1, 0.15) is 0 Å². The number of carbonyl (C=O) groups excluding carboxylic acids is 1. The van der Waals surface area contributed by atoms with Gasteiger partial charge in [0, 0.05) is 14.8 Å². The molecule has 0 fully saturated rings. The van der Waals surface area contributed by atoms with Crippen molar-refractivity contribution < 1.29 is 4.79 Å². The smallest absolute Gasteiger partial charge is 0.258 e. The van der Waals surface area contributed by atoms with Gasteiger partial charge in [-0.1, -0.05) is 30.3 Å². The lowest BCUT2D eigenvalue weighted by Crippen LogP contribution is -2.09. The highest BCUT2D eigenvalue weighted by atomic mass is 127. The first-order valence-electron chi connectivity index (χ1n) is 5.83. The second-order valence-electron chi connectivity index (χ2n) is 4.30. The number of fused-ring (bicyclic) bond motifs is 1. The second kappa shape index (κ2) is 4.70. The average Bonchev–Trinajstić information content (AvgIpc) is 2.74. The van der Waals surface area contributed by atoms with Crippen molar-refractivity contribution in [2.75, 3.05) is 5.32 Å². The Labute approximate surface area is 124 Å². The molecule has 0 saturated heterocycles. The van der Waals surface area contributed by atoms with Crippen molar-refractivity contribution >= 4 is 45.5 Å². The van der Waals surface area contributed by atoms with Crippen LogP contribution in [0, 0.1) is 3.57 Å². The SMILES string of the molecule is N/C(=C1/C(=O)Nc2ccccc21)c1ccc(I)cc1. The molecular weight excluding hydrogens is 351 g/mol. The molecule has 0 atom stereocenters. The highest BCUT2D eigenvalue weighted by Gasteiger charge is 2.26. The summed E-state index contributed by atoms with van der Waals surface area (Å²) in [5.74, 6) is -0.141. The molecule has 0 bridgehead atoms. The molecule has 2 aromatic carbocycles. The Morgan fingerprint density at radius 2 is 1.74 bits per heavy atom. The van der Waals surface area contributed by atoms with Crippen LogP contribution in [0.15, 0.2) is 48.5 Å². The van der Waals surface area contributed by atoms with E-state index in [1.165, 1.54) is 0 Å². The first kappa shape index (κ1) is 12.2. The number of nitrogens with one attached hydrogen (secondary N) is 1. The van der Waals surface area contributed by atoms with Gasteiger partial charge in [-0.25, -0.2) is 0 Å². The monoisotopic (exact) mass is 362 g/mol. The van der Waals surface area contributed by atoms with Crippen LogP contribution in [-0.4, -0.2) is 5.91 Å². The summed E-state index contributed by atoms with van der Waals surface area (Å²) in [6.45, 7) is 0. The van der Waals surface area contributed by atoms with E-state index in [0.29, 0.717) is 11.3 Å². The van der Waals surface area contributed by atoms with Crippen LogP contribution in [0.3, 0.4) is 0 Å². The van der Waals surface area contributed by atoms with Gasteiger partial charge in [-0.3, -0.25) is 4.79 Å². The summed E-state index contributed by atoms with van der Waals surface area (Å²) in [5.41, 5.74) is 9.78. The van der Waals surface area contributed by atoms with Crippen LogP contribution < -0.4 is 11.1 Å². The van der Waals surface area contributed by atoms with Gasteiger partial charge in [0.25, 0.3) is 5.91 Å². The van der Waals surface area contributed by atoms with Gasteiger partial charge in [-0.05, 0) is 46.4 Å². The number of amides is 1. The molecule has 0 unspecified atom stereocenters. The van der Waals surface area contributed by atoms with Crippen LogP contribution in [0.4, 0.5) is 5.69 Å². The van der Waals surface area contributed by atoms with E-state index < -0.39 is 0 Å². The molecule has 94 valence electrons. The number of hydrogen-bond acceptors (Lipinski definition) is 2. The number of rotatable bonds is 1. The van der Waals surface area contributed by atoms with Gasteiger partial charge < -0.3 is 11.1 Å². The summed E-state index contributed by atoms with van der Waals surface area (Å²) in [6.07, 6.45) is 0. The molecule has 4 heteroatoms. The standard InChI is InChI=1S/C15H11IN2O/c16-10-7-5-9(6-8-10)14(17)13-11-3-1-2-4-12(11)18-15(13)19/h1-8H,17H2,(H,18,19)/b14-13+.